The van der Waals surface area contributed by atoms with E-state index in [0.717, 1.165) is 88.0 Å². The van der Waals surface area contributed by atoms with E-state index in [0.29, 0.717) is 40.9 Å². The van der Waals surface area contributed by atoms with Gasteiger partial charge in [0.2, 0.25) is 11.8 Å². The van der Waals surface area contributed by atoms with Gasteiger partial charge in [-0.25, -0.2) is 0 Å². The van der Waals surface area contributed by atoms with Crippen molar-refractivity contribution >= 4 is 40.9 Å². The summed E-state index contributed by atoms with van der Waals surface area (Å²) in [7, 11) is 0. The number of amidine groups is 1. The number of likely N-dealkylation sites (tertiary alicyclic amines) is 1. The molecule has 4 saturated heterocycles. The van der Waals surface area contributed by atoms with Crippen LogP contribution in [0.15, 0.2) is 59.2 Å². The van der Waals surface area contributed by atoms with Gasteiger partial charge >= 0.3 is 0 Å². The van der Waals surface area contributed by atoms with Crippen molar-refractivity contribution in [2.24, 2.45) is 22.6 Å². The highest BCUT2D eigenvalue weighted by atomic mass is 16.3. The lowest BCUT2D eigenvalue weighted by molar-refractivity contribution is -0.136. The zero-order valence-electron chi connectivity index (χ0n) is 31.3. The van der Waals surface area contributed by atoms with Crippen molar-refractivity contribution in [3.63, 3.8) is 0 Å². The van der Waals surface area contributed by atoms with Crippen molar-refractivity contribution in [3.05, 3.63) is 70.9 Å². The number of piperazine rings is 1. The van der Waals surface area contributed by atoms with Crippen LogP contribution < -0.4 is 16.0 Å². The number of carbonyl (C=O) groups is 4. The molecule has 14 heteroatoms. The number of phenols is 1. The van der Waals surface area contributed by atoms with Crippen LogP contribution in [0.25, 0.3) is 0 Å². The molecule has 0 spiro atoms. The number of hydrogen-bond donors (Lipinski definition) is 4. The quantitative estimate of drug-likeness (QED) is 0.220. The minimum atomic E-state index is -0.955. The summed E-state index contributed by atoms with van der Waals surface area (Å²) in [6.45, 7) is 9.64. The van der Waals surface area contributed by atoms with Crippen LogP contribution in [0.3, 0.4) is 0 Å². The van der Waals surface area contributed by atoms with E-state index in [-0.39, 0.29) is 36.3 Å². The first kappa shape index (κ1) is 36.9. The number of fused-ring (bicyclic) bond motifs is 2. The molecule has 6 aliphatic rings. The maximum atomic E-state index is 13.3. The second-order valence-corrected chi connectivity index (χ2v) is 16.0. The number of allylic oxidation sites excluding steroid dienone is 1. The number of para-hydroxylation sites is 1. The number of nitrogens with zero attached hydrogens (tertiary/aromatic N) is 6. The maximum absolute atomic E-state index is 13.3. The lowest BCUT2D eigenvalue weighted by atomic mass is 9.91. The van der Waals surface area contributed by atoms with Crippen LogP contribution in [-0.4, -0.2) is 137 Å². The van der Waals surface area contributed by atoms with Gasteiger partial charge in [0.25, 0.3) is 11.8 Å². The van der Waals surface area contributed by atoms with Gasteiger partial charge in [-0.2, -0.15) is 0 Å². The van der Waals surface area contributed by atoms with Gasteiger partial charge in [-0.3, -0.25) is 39.3 Å². The molecule has 0 saturated carbocycles. The second kappa shape index (κ2) is 15.6. The van der Waals surface area contributed by atoms with E-state index in [1.807, 2.05) is 12.1 Å². The molecular weight excluding hydrogens is 699 g/mol. The van der Waals surface area contributed by atoms with E-state index in [1.54, 1.807) is 36.4 Å². The number of piperidine rings is 3. The molecule has 0 bridgehead atoms. The Morgan fingerprint density at radius 1 is 0.891 bits per heavy atom. The number of phenolic OH excluding ortho intramolecular Hbond substituents is 1. The molecule has 2 unspecified atom stereocenters. The molecule has 0 aromatic heterocycles. The first-order chi connectivity index (χ1) is 26.6. The Kier molecular flexibility index (Phi) is 10.4. The monoisotopic (exact) mass is 749 g/mol. The Labute approximate surface area is 321 Å². The van der Waals surface area contributed by atoms with Crippen LogP contribution in [0, 0.1) is 17.2 Å². The summed E-state index contributed by atoms with van der Waals surface area (Å²) in [4.78, 5) is 65.9. The lowest BCUT2D eigenvalue weighted by Gasteiger charge is -2.46. The lowest BCUT2D eigenvalue weighted by Crippen LogP contribution is -2.58. The molecule has 2 aromatic carbocycles. The standard InChI is InChI=1S/C41H51N9O5/c42-33(31-3-1-2-4-36(31)51)22-35-38(43)44-23-29-25-47(19-20-49(29)35)24-27-10-15-46(16-11-27)14-9-26-12-17-48(18-13-26)28-5-6-30-32(21-28)41(55)50(40(30)54)34-7-8-37(52)45-39(34)53/h1-6,21-22,26-27,29,34,42,51H,7-20,23-25H2,(H2,43,44)(H,45,52,53)/b35-22+,42-33?. The van der Waals surface area contributed by atoms with Gasteiger partial charge in [0, 0.05) is 56.9 Å². The number of carbonyl (C=O) groups excluding carboxylic acids is 4. The molecule has 290 valence electrons. The van der Waals surface area contributed by atoms with Crippen LogP contribution in [0.2, 0.25) is 0 Å². The molecule has 2 aromatic rings. The summed E-state index contributed by atoms with van der Waals surface area (Å²) >= 11 is 0. The average Bonchev–Trinajstić information content (AvgIpc) is 3.44. The number of hydrogen-bond acceptors (Lipinski definition) is 12. The molecule has 2 atom stereocenters. The molecular formula is C41H51N9O5. The Bertz CT molecular complexity index is 1930. The van der Waals surface area contributed by atoms with Gasteiger partial charge in [0.05, 0.1) is 35.1 Å². The molecule has 0 aliphatic carbocycles. The van der Waals surface area contributed by atoms with Gasteiger partial charge in [0.1, 0.15) is 17.6 Å². The number of benzene rings is 2. The molecule has 5 N–H and O–H groups in total. The van der Waals surface area contributed by atoms with E-state index < -0.39 is 23.8 Å². The first-order valence-corrected chi connectivity index (χ1v) is 19.8. The predicted molar refractivity (Wildman–Crippen MR) is 208 cm³/mol. The molecule has 55 heavy (non-hydrogen) atoms. The van der Waals surface area contributed by atoms with Crippen molar-refractivity contribution in [2.75, 3.05) is 70.3 Å². The van der Waals surface area contributed by atoms with Crippen molar-refractivity contribution in [1.29, 1.82) is 5.41 Å². The summed E-state index contributed by atoms with van der Waals surface area (Å²) in [6.07, 6.45) is 7.76. The molecule has 6 heterocycles. The smallest absolute Gasteiger partial charge is 0.262 e. The third-order valence-corrected chi connectivity index (χ3v) is 12.6. The number of imide groups is 2. The molecule has 14 nitrogen and oxygen atoms in total. The van der Waals surface area contributed by atoms with Crippen molar-refractivity contribution < 1.29 is 24.3 Å². The van der Waals surface area contributed by atoms with Crippen molar-refractivity contribution in [1.82, 2.24) is 24.9 Å². The predicted octanol–water partition coefficient (Wildman–Crippen LogP) is 2.42. The number of nitrogens with one attached hydrogen (secondary N) is 2. The fraction of sp³-hybridized carbons (Fsp3) is 0.512. The third kappa shape index (κ3) is 7.62. The highest BCUT2D eigenvalue weighted by Crippen LogP contribution is 2.33. The number of amides is 4. The molecule has 4 fully saturated rings. The summed E-state index contributed by atoms with van der Waals surface area (Å²) in [5.74, 6) is -0.0362. The van der Waals surface area contributed by atoms with Crippen molar-refractivity contribution in [2.45, 2.75) is 57.0 Å². The van der Waals surface area contributed by atoms with Crippen LogP contribution >= 0.6 is 0 Å². The van der Waals surface area contributed by atoms with Crippen LogP contribution in [0.5, 0.6) is 5.75 Å². The minimum Gasteiger partial charge on any atom is -0.507 e. The highest BCUT2D eigenvalue weighted by molar-refractivity contribution is 6.23. The number of rotatable bonds is 9. The van der Waals surface area contributed by atoms with E-state index in [2.05, 4.69) is 29.9 Å². The zero-order valence-corrected chi connectivity index (χ0v) is 31.3. The minimum absolute atomic E-state index is 0.0846. The molecule has 4 amide bonds. The Hall–Kier alpha value is -5.08. The fourth-order valence-electron chi connectivity index (χ4n) is 9.32. The molecule has 8 rings (SSSR count). The van der Waals surface area contributed by atoms with Gasteiger partial charge in [-0.05, 0) is 106 Å². The van der Waals surface area contributed by atoms with Gasteiger partial charge in [-0.15, -0.1) is 0 Å². The summed E-state index contributed by atoms with van der Waals surface area (Å²) in [6, 6.07) is 11.6. The van der Waals surface area contributed by atoms with Crippen LogP contribution in [-0.2, 0) is 9.59 Å². The fourth-order valence-corrected chi connectivity index (χ4v) is 9.32. The maximum Gasteiger partial charge on any atom is 0.262 e. The van der Waals surface area contributed by atoms with E-state index in [1.165, 1.54) is 19.3 Å². The van der Waals surface area contributed by atoms with E-state index in [9.17, 15) is 24.3 Å². The zero-order chi connectivity index (χ0) is 38.2. The van der Waals surface area contributed by atoms with Gasteiger partial charge < -0.3 is 30.9 Å². The highest BCUT2D eigenvalue weighted by Gasteiger charge is 2.45. The van der Waals surface area contributed by atoms with Gasteiger partial charge in [-0.1, -0.05) is 12.1 Å². The first-order valence-electron chi connectivity index (χ1n) is 19.8. The SMILES string of the molecule is N=C(/C=C1\C(N)=NCC2CN(CC3CCN(CCC4CCN(c5ccc6c(c5)C(=O)N(C5CCC(=O)NC5=O)C6=O)CC4)CC3)CCN12)c1ccccc1O. The second-order valence-electron chi connectivity index (χ2n) is 16.0. The molecule has 0 radical (unpaired) electrons. The Morgan fingerprint density at radius 2 is 1.64 bits per heavy atom. The number of anilines is 1. The number of aliphatic imine (C=N–C) groups is 1. The van der Waals surface area contributed by atoms with Crippen LogP contribution in [0.4, 0.5) is 5.69 Å². The van der Waals surface area contributed by atoms with Crippen LogP contribution in [0.1, 0.15) is 71.2 Å². The third-order valence-electron chi connectivity index (χ3n) is 12.6. The van der Waals surface area contributed by atoms with Crippen molar-refractivity contribution in [3.8, 4) is 5.75 Å². The van der Waals surface area contributed by atoms with E-state index >= 15 is 0 Å². The van der Waals surface area contributed by atoms with Gasteiger partial charge in [0.15, 0.2) is 0 Å². The summed E-state index contributed by atoms with van der Waals surface area (Å²) in [5, 5.41) is 21.1. The normalized spacial score (nSPS) is 25.3. The summed E-state index contributed by atoms with van der Waals surface area (Å²) < 4.78 is 0. The summed E-state index contributed by atoms with van der Waals surface area (Å²) in [5.41, 5.74) is 9.39. The average molecular weight is 750 g/mol. The number of aromatic hydroxyl groups is 1. The largest absolute Gasteiger partial charge is 0.507 e. The Morgan fingerprint density at radius 3 is 2.40 bits per heavy atom. The topological polar surface area (TPSA) is 179 Å². The molecule has 6 aliphatic heterocycles. The number of nitrogens with two attached hydrogens (primary N) is 1. The Balaban J connectivity index is 0.763. The van der Waals surface area contributed by atoms with E-state index in [4.69, 9.17) is 11.1 Å².